The second-order valence-corrected chi connectivity index (χ2v) is 4.02. The molecule has 0 N–H and O–H groups in total. The lowest BCUT2D eigenvalue weighted by Gasteiger charge is -2.15. The maximum absolute atomic E-state index is 11.4. The van der Waals surface area contributed by atoms with Crippen LogP contribution in [0.5, 0.6) is 6.01 Å². The molecule has 5 heteroatoms. The molecule has 1 fully saturated rings. The van der Waals surface area contributed by atoms with Crippen LogP contribution >= 0.6 is 0 Å². The molecule has 3 rings (SSSR count). The minimum Gasteiger partial charge on any atom is -0.462 e. The summed E-state index contributed by atoms with van der Waals surface area (Å²) in [7, 11) is 0. The van der Waals surface area contributed by atoms with Crippen molar-refractivity contribution in [3.05, 3.63) is 22.1 Å². The molecule has 0 aliphatic carbocycles. The number of fused-ring (bicyclic) bond motifs is 4. The summed E-state index contributed by atoms with van der Waals surface area (Å²) in [6, 6.07) is 0.387. The minimum atomic E-state index is -0.223. The van der Waals surface area contributed by atoms with Crippen LogP contribution in [0.2, 0.25) is 0 Å². The Morgan fingerprint density at radius 2 is 2.40 bits per heavy atom. The fourth-order valence-corrected chi connectivity index (χ4v) is 2.05. The number of aromatic nitrogens is 2. The van der Waals surface area contributed by atoms with Crippen molar-refractivity contribution in [2.45, 2.75) is 32.1 Å². The summed E-state index contributed by atoms with van der Waals surface area (Å²) in [6.07, 6.45) is 3.87. The monoisotopic (exact) mass is 208 g/mol. The molecule has 0 radical (unpaired) electrons. The maximum atomic E-state index is 11.4. The highest BCUT2D eigenvalue weighted by atomic mass is 16.6. The highest BCUT2D eigenvalue weighted by molar-refractivity contribution is 5.10. The standard InChI is InChI=1S/C10H12N2O3/c1-6-4-12-8-3-2-7(15-8)5-14-10(12)11-9(6)13/h4,7-8H,2-3,5H2,1H3/t7-,8+/m0/s1. The van der Waals surface area contributed by atoms with Crippen LogP contribution < -0.4 is 10.3 Å². The van der Waals surface area contributed by atoms with Gasteiger partial charge in [-0.1, -0.05) is 0 Å². The van der Waals surface area contributed by atoms with E-state index in [9.17, 15) is 4.79 Å². The lowest BCUT2D eigenvalue weighted by molar-refractivity contribution is 0.00444. The van der Waals surface area contributed by atoms with E-state index in [0.717, 1.165) is 12.8 Å². The number of ether oxygens (including phenoxy) is 2. The van der Waals surface area contributed by atoms with Crippen molar-refractivity contribution in [1.82, 2.24) is 9.55 Å². The molecule has 1 aromatic heterocycles. The Bertz CT molecular complexity index is 454. The Morgan fingerprint density at radius 1 is 1.53 bits per heavy atom. The second-order valence-electron chi connectivity index (χ2n) is 4.02. The third-order valence-electron chi connectivity index (χ3n) is 2.88. The van der Waals surface area contributed by atoms with E-state index in [2.05, 4.69) is 4.98 Å². The zero-order chi connectivity index (χ0) is 10.4. The predicted molar refractivity (Wildman–Crippen MR) is 51.9 cm³/mol. The largest absolute Gasteiger partial charge is 0.462 e. The van der Waals surface area contributed by atoms with E-state index in [1.807, 2.05) is 4.57 Å². The SMILES string of the molecule is Cc1cn2c(nc1=O)OC[C@@H]1CC[C@H]2O1. The summed E-state index contributed by atoms with van der Waals surface area (Å²) >= 11 is 0. The normalized spacial score (nSPS) is 28.1. The third-order valence-corrected chi connectivity index (χ3v) is 2.88. The lowest BCUT2D eigenvalue weighted by atomic mass is 10.2. The molecule has 2 aliphatic heterocycles. The first-order valence-electron chi connectivity index (χ1n) is 5.12. The van der Waals surface area contributed by atoms with E-state index >= 15 is 0 Å². The van der Waals surface area contributed by atoms with Gasteiger partial charge in [0.1, 0.15) is 12.8 Å². The molecule has 2 aliphatic rings. The smallest absolute Gasteiger partial charge is 0.301 e. The zero-order valence-corrected chi connectivity index (χ0v) is 8.47. The molecular formula is C10H12N2O3. The van der Waals surface area contributed by atoms with Crippen LogP contribution in [0.15, 0.2) is 11.0 Å². The van der Waals surface area contributed by atoms with Gasteiger partial charge in [-0.15, -0.1) is 0 Å². The predicted octanol–water partition coefficient (Wildman–Crippen LogP) is 0.622. The minimum absolute atomic E-state index is 0.0145. The molecule has 2 atom stereocenters. The Labute approximate surface area is 86.6 Å². The number of hydrogen-bond acceptors (Lipinski definition) is 4. The van der Waals surface area contributed by atoms with E-state index in [0.29, 0.717) is 18.2 Å². The topological polar surface area (TPSA) is 53.4 Å². The van der Waals surface area contributed by atoms with Gasteiger partial charge in [-0.05, 0) is 19.8 Å². The van der Waals surface area contributed by atoms with Gasteiger partial charge in [0.2, 0.25) is 0 Å². The number of hydrogen-bond donors (Lipinski definition) is 0. The van der Waals surface area contributed by atoms with E-state index in [1.54, 1.807) is 13.1 Å². The molecule has 0 amide bonds. The van der Waals surface area contributed by atoms with Gasteiger partial charge in [-0.2, -0.15) is 4.98 Å². The van der Waals surface area contributed by atoms with Crippen LogP contribution in [0.4, 0.5) is 0 Å². The average molecular weight is 208 g/mol. The summed E-state index contributed by atoms with van der Waals surface area (Å²) in [5, 5.41) is 0. The molecule has 15 heavy (non-hydrogen) atoms. The van der Waals surface area contributed by atoms with Gasteiger partial charge in [-0.25, -0.2) is 0 Å². The van der Waals surface area contributed by atoms with E-state index < -0.39 is 0 Å². The molecule has 80 valence electrons. The molecule has 0 saturated carbocycles. The molecule has 0 spiro atoms. The molecule has 5 nitrogen and oxygen atoms in total. The highest BCUT2D eigenvalue weighted by Crippen LogP contribution is 2.33. The number of rotatable bonds is 0. The molecule has 1 aromatic rings. The third kappa shape index (κ3) is 1.34. The van der Waals surface area contributed by atoms with Crippen molar-refractivity contribution < 1.29 is 9.47 Å². The van der Waals surface area contributed by atoms with Crippen molar-refractivity contribution in [2.75, 3.05) is 6.61 Å². The first kappa shape index (κ1) is 8.91. The van der Waals surface area contributed by atoms with Crippen molar-refractivity contribution in [2.24, 2.45) is 0 Å². The van der Waals surface area contributed by atoms with Crippen LogP contribution in [-0.2, 0) is 4.74 Å². The van der Waals surface area contributed by atoms with Crippen LogP contribution in [0.1, 0.15) is 24.6 Å². The summed E-state index contributed by atoms with van der Waals surface area (Å²) in [6.45, 7) is 2.24. The second kappa shape index (κ2) is 3.06. The fourth-order valence-electron chi connectivity index (χ4n) is 2.05. The van der Waals surface area contributed by atoms with Crippen LogP contribution in [0.25, 0.3) is 0 Å². The van der Waals surface area contributed by atoms with E-state index in [1.165, 1.54) is 0 Å². The first-order valence-corrected chi connectivity index (χ1v) is 5.12. The lowest BCUT2D eigenvalue weighted by Crippen LogP contribution is -2.20. The van der Waals surface area contributed by atoms with Gasteiger partial charge >= 0.3 is 6.01 Å². The van der Waals surface area contributed by atoms with Gasteiger partial charge in [0.05, 0.1) is 6.10 Å². The van der Waals surface area contributed by atoms with Crippen molar-refractivity contribution >= 4 is 0 Å². The molecule has 0 aromatic carbocycles. The van der Waals surface area contributed by atoms with E-state index in [4.69, 9.17) is 9.47 Å². The summed E-state index contributed by atoms with van der Waals surface area (Å²) in [4.78, 5) is 15.3. The highest BCUT2D eigenvalue weighted by Gasteiger charge is 2.32. The number of aryl methyl sites for hydroxylation is 1. The molecule has 3 heterocycles. The van der Waals surface area contributed by atoms with Crippen LogP contribution in [0.3, 0.4) is 0 Å². The van der Waals surface area contributed by atoms with Gasteiger partial charge in [0, 0.05) is 11.8 Å². The number of nitrogens with zero attached hydrogens (tertiary/aromatic N) is 2. The Morgan fingerprint density at radius 3 is 3.27 bits per heavy atom. The summed E-state index contributed by atoms with van der Waals surface area (Å²) in [5.74, 6) is 0. The van der Waals surface area contributed by atoms with Gasteiger partial charge in [0.15, 0.2) is 0 Å². The van der Waals surface area contributed by atoms with Gasteiger partial charge < -0.3 is 9.47 Å². The van der Waals surface area contributed by atoms with Crippen molar-refractivity contribution in [3.63, 3.8) is 0 Å². The quantitative estimate of drug-likeness (QED) is 0.627. The van der Waals surface area contributed by atoms with Crippen LogP contribution in [-0.4, -0.2) is 22.3 Å². The average Bonchev–Trinajstić information content (AvgIpc) is 2.60. The molecule has 0 unspecified atom stereocenters. The van der Waals surface area contributed by atoms with Gasteiger partial charge in [0.25, 0.3) is 5.56 Å². The zero-order valence-electron chi connectivity index (χ0n) is 8.47. The Kier molecular flexibility index (Phi) is 1.82. The first-order chi connectivity index (χ1) is 7.24. The van der Waals surface area contributed by atoms with Crippen LogP contribution in [0, 0.1) is 6.92 Å². The molecule has 1 saturated heterocycles. The van der Waals surface area contributed by atoms with Crippen molar-refractivity contribution in [1.29, 1.82) is 0 Å². The molecule has 2 bridgehead atoms. The Hall–Kier alpha value is -1.36. The fraction of sp³-hybridized carbons (Fsp3) is 0.600. The van der Waals surface area contributed by atoms with Crippen molar-refractivity contribution in [3.8, 4) is 6.01 Å². The van der Waals surface area contributed by atoms with E-state index in [-0.39, 0.29) is 17.9 Å². The van der Waals surface area contributed by atoms with Gasteiger partial charge in [-0.3, -0.25) is 9.36 Å². The summed E-state index contributed by atoms with van der Waals surface area (Å²) < 4.78 is 13.0. The summed E-state index contributed by atoms with van der Waals surface area (Å²) in [5.41, 5.74) is 0.398. The maximum Gasteiger partial charge on any atom is 0.301 e. The Balaban J connectivity index is 2.14. The molecular weight excluding hydrogens is 196 g/mol.